The van der Waals surface area contributed by atoms with Gasteiger partial charge < -0.3 is 10.0 Å². The lowest BCUT2D eigenvalue weighted by molar-refractivity contribution is -0.137. The Morgan fingerprint density at radius 1 is 1.38 bits per heavy atom. The summed E-state index contributed by atoms with van der Waals surface area (Å²) in [7, 11) is 0. The molecule has 1 heterocycles. The van der Waals surface area contributed by atoms with Gasteiger partial charge in [-0.25, -0.2) is 0 Å². The van der Waals surface area contributed by atoms with Crippen LogP contribution in [-0.4, -0.2) is 40.0 Å². The maximum Gasteiger partial charge on any atom is 0.305 e. The molecule has 0 atom stereocenters. The van der Waals surface area contributed by atoms with Crippen molar-refractivity contribution in [2.24, 2.45) is 0 Å². The van der Waals surface area contributed by atoms with Crippen LogP contribution >= 0.6 is 0 Å². The number of amides is 1. The fourth-order valence-electron chi connectivity index (χ4n) is 1.31. The second-order valence-electron chi connectivity index (χ2n) is 3.26. The third-order valence-corrected chi connectivity index (χ3v) is 2.19. The van der Waals surface area contributed by atoms with Crippen molar-refractivity contribution in [2.75, 3.05) is 13.1 Å². The molecule has 1 aromatic heterocycles. The second kappa shape index (κ2) is 5.85. The molecule has 1 rings (SSSR count). The normalized spacial score (nSPS) is 9.81. The second-order valence-corrected chi connectivity index (χ2v) is 3.26. The summed E-state index contributed by atoms with van der Waals surface area (Å²) in [5.74, 6) is -1.06. The molecule has 1 N–H and O–H groups in total. The number of carboxylic acids is 1. The van der Waals surface area contributed by atoms with E-state index in [-0.39, 0.29) is 18.9 Å². The summed E-state index contributed by atoms with van der Waals surface area (Å²) in [4.78, 5) is 27.7. The average Bonchev–Trinajstić information content (AvgIpc) is 2.30. The number of carbonyl (C=O) groups is 2. The van der Waals surface area contributed by atoms with E-state index in [2.05, 4.69) is 4.98 Å². The highest BCUT2D eigenvalue weighted by Crippen LogP contribution is 2.04. The topological polar surface area (TPSA) is 70.5 Å². The fourth-order valence-corrected chi connectivity index (χ4v) is 1.31. The summed E-state index contributed by atoms with van der Waals surface area (Å²) in [6.45, 7) is 2.54. The van der Waals surface area contributed by atoms with Gasteiger partial charge in [0.25, 0.3) is 5.91 Å². The molecule has 86 valence electrons. The van der Waals surface area contributed by atoms with Crippen LogP contribution < -0.4 is 0 Å². The molecular formula is C11H14N2O3. The van der Waals surface area contributed by atoms with Crippen LogP contribution in [0, 0.1) is 0 Å². The molecule has 0 saturated carbocycles. The first-order chi connectivity index (χ1) is 7.65. The van der Waals surface area contributed by atoms with E-state index >= 15 is 0 Å². The SMILES string of the molecule is CCN(CCC(=O)O)C(=O)c1ccncc1. The molecule has 0 saturated heterocycles. The fraction of sp³-hybridized carbons (Fsp3) is 0.364. The number of rotatable bonds is 5. The number of pyridine rings is 1. The number of aromatic nitrogens is 1. The molecule has 0 spiro atoms. The van der Waals surface area contributed by atoms with E-state index in [0.29, 0.717) is 12.1 Å². The first-order valence-electron chi connectivity index (χ1n) is 5.06. The molecular weight excluding hydrogens is 208 g/mol. The molecule has 0 aliphatic carbocycles. The standard InChI is InChI=1S/C11H14N2O3/c1-2-13(8-5-10(14)15)11(16)9-3-6-12-7-4-9/h3-4,6-7H,2,5,8H2,1H3,(H,14,15). The third-order valence-electron chi connectivity index (χ3n) is 2.19. The number of carboxylic acid groups (broad SMARTS) is 1. The Kier molecular flexibility index (Phi) is 4.44. The van der Waals surface area contributed by atoms with Gasteiger partial charge in [0.1, 0.15) is 0 Å². The molecule has 0 aromatic carbocycles. The molecule has 0 unspecified atom stereocenters. The molecule has 0 radical (unpaired) electrons. The van der Waals surface area contributed by atoms with Gasteiger partial charge in [0, 0.05) is 31.0 Å². The van der Waals surface area contributed by atoms with Gasteiger partial charge in [0.2, 0.25) is 0 Å². The highest BCUT2D eigenvalue weighted by Gasteiger charge is 2.14. The zero-order valence-corrected chi connectivity index (χ0v) is 9.09. The summed E-state index contributed by atoms with van der Waals surface area (Å²) >= 11 is 0. The van der Waals surface area contributed by atoms with Crippen LogP contribution in [0.4, 0.5) is 0 Å². The number of nitrogens with zero attached hydrogens (tertiary/aromatic N) is 2. The maximum absolute atomic E-state index is 11.9. The summed E-state index contributed by atoms with van der Waals surface area (Å²) in [5.41, 5.74) is 0.530. The highest BCUT2D eigenvalue weighted by molar-refractivity contribution is 5.94. The zero-order chi connectivity index (χ0) is 12.0. The van der Waals surface area contributed by atoms with Crippen molar-refractivity contribution in [1.29, 1.82) is 0 Å². The summed E-state index contributed by atoms with van der Waals surface area (Å²) in [6.07, 6.45) is 3.04. The molecule has 16 heavy (non-hydrogen) atoms. The quantitative estimate of drug-likeness (QED) is 0.807. The van der Waals surface area contributed by atoms with Crippen molar-refractivity contribution in [1.82, 2.24) is 9.88 Å². The predicted molar refractivity (Wildman–Crippen MR) is 58.1 cm³/mol. The molecule has 1 aromatic rings. The van der Waals surface area contributed by atoms with Crippen molar-refractivity contribution < 1.29 is 14.7 Å². The van der Waals surface area contributed by atoms with E-state index in [1.165, 1.54) is 17.3 Å². The lowest BCUT2D eigenvalue weighted by Gasteiger charge is -2.19. The van der Waals surface area contributed by atoms with Crippen molar-refractivity contribution in [2.45, 2.75) is 13.3 Å². The third kappa shape index (κ3) is 3.34. The molecule has 5 nitrogen and oxygen atoms in total. The predicted octanol–water partition coefficient (Wildman–Crippen LogP) is 1.02. The minimum atomic E-state index is -0.902. The molecule has 0 aliphatic heterocycles. The van der Waals surface area contributed by atoms with Crippen molar-refractivity contribution in [3.8, 4) is 0 Å². The first kappa shape index (κ1) is 12.2. The van der Waals surface area contributed by atoms with Crippen LogP contribution in [0.25, 0.3) is 0 Å². The molecule has 1 amide bonds. The summed E-state index contributed by atoms with van der Waals surface area (Å²) in [5, 5.41) is 8.56. The lowest BCUT2D eigenvalue weighted by atomic mass is 10.2. The molecule has 0 aliphatic rings. The molecule has 0 fully saturated rings. The van der Waals surface area contributed by atoms with E-state index in [0.717, 1.165) is 0 Å². The van der Waals surface area contributed by atoms with Crippen molar-refractivity contribution in [3.05, 3.63) is 30.1 Å². The Hall–Kier alpha value is -1.91. The van der Waals surface area contributed by atoms with Crippen LogP contribution in [0.1, 0.15) is 23.7 Å². The van der Waals surface area contributed by atoms with Gasteiger partial charge in [-0.15, -0.1) is 0 Å². The average molecular weight is 222 g/mol. The van der Waals surface area contributed by atoms with Crippen molar-refractivity contribution >= 4 is 11.9 Å². The first-order valence-corrected chi connectivity index (χ1v) is 5.06. The minimum Gasteiger partial charge on any atom is -0.481 e. The molecule has 0 bridgehead atoms. The Morgan fingerprint density at radius 3 is 2.50 bits per heavy atom. The van der Waals surface area contributed by atoms with Gasteiger partial charge in [-0.3, -0.25) is 14.6 Å². The lowest BCUT2D eigenvalue weighted by Crippen LogP contribution is -2.32. The Balaban J connectivity index is 2.66. The van der Waals surface area contributed by atoms with E-state index in [9.17, 15) is 9.59 Å². The monoisotopic (exact) mass is 222 g/mol. The summed E-state index contributed by atoms with van der Waals surface area (Å²) < 4.78 is 0. The minimum absolute atomic E-state index is 0.0370. The van der Waals surface area contributed by atoms with Crippen molar-refractivity contribution in [3.63, 3.8) is 0 Å². The van der Waals surface area contributed by atoms with Gasteiger partial charge in [0.05, 0.1) is 6.42 Å². The smallest absolute Gasteiger partial charge is 0.305 e. The van der Waals surface area contributed by atoms with Crippen LogP contribution in [0.5, 0.6) is 0 Å². The Bertz CT molecular complexity index is 365. The van der Waals surface area contributed by atoms with E-state index in [1.807, 2.05) is 6.92 Å². The van der Waals surface area contributed by atoms with Crippen LogP contribution in [0.2, 0.25) is 0 Å². The van der Waals surface area contributed by atoms with E-state index < -0.39 is 5.97 Å². The largest absolute Gasteiger partial charge is 0.481 e. The van der Waals surface area contributed by atoms with E-state index in [4.69, 9.17) is 5.11 Å². The Labute approximate surface area is 93.7 Å². The number of hydrogen-bond donors (Lipinski definition) is 1. The number of hydrogen-bond acceptors (Lipinski definition) is 3. The van der Waals surface area contributed by atoms with Gasteiger partial charge in [-0.05, 0) is 19.1 Å². The zero-order valence-electron chi connectivity index (χ0n) is 9.09. The highest BCUT2D eigenvalue weighted by atomic mass is 16.4. The summed E-state index contributed by atoms with van der Waals surface area (Å²) in [6, 6.07) is 3.23. The number of carbonyl (C=O) groups excluding carboxylic acids is 1. The number of aliphatic carboxylic acids is 1. The van der Waals surface area contributed by atoms with Gasteiger partial charge in [-0.2, -0.15) is 0 Å². The van der Waals surface area contributed by atoms with Crippen LogP contribution in [-0.2, 0) is 4.79 Å². The van der Waals surface area contributed by atoms with E-state index in [1.54, 1.807) is 12.1 Å². The van der Waals surface area contributed by atoms with Crippen LogP contribution in [0.15, 0.2) is 24.5 Å². The maximum atomic E-state index is 11.9. The Morgan fingerprint density at radius 2 is 2.00 bits per heavy atom. The van der Waals surface area contributed by atoms with Crippen LogP contribution in [0.3, 0.4) is 0 Å². The van der Waals surface area contributed by atoms with Gasteiger partial charge in [-0.1, -0.05) is 0 Å². The van der Waals surface area contributed by atoms with Gasteiger partial charge in [0.15, 0.2) is 0 Å². The molecule has 5 heteroatoms. The van der Waals surface area contributed by atoms with Gasteiger partial charge >= 0.3 is 5.97 Å².